The first-order chi connectivity index (χ1) is 9.98. The van der Waals surface area contributed by atoms with Crippen molar-refractivity contribution in [1.82, 2.24) is 14.9 Å². The number of halogens is 3. The zero-order chi connectivity index (χ0) is 15.3. The molecule has 21 heavy (non-hydrogen) atoms. The van der Waals surface area contributed by atoms with E-state index in [1.54, 1.807) is 25.5 Å². The minimum absolute atomic E-state index is 0.285. The van der Waals surface area contributed by atoms with Gasteiger partial charge in [0.15, 0.2) is 0 Å². The molecule has 3 nitrogen and oxygen atoms in total. The lowest BCUT2D eigenvalue weighted by Crippen LogP contribution is -2.23. The number of nitrogens with zero attached hydrogens (tertiary/aromatic N) is 2. The molecule has 1 aromatic heterocycles. The lowest BCUT2D eigenvalue weighted by molar-refractivity contribution is -0.138. The van der Waals surface area contributed by atoms with Gasteiger partial charge in [-0.2, -0.15) is 13.2 Å². The van der Waals surface area contributed by atoms with Gasteiger partial charge < -0.3 is 9.88 Å². The molecule has 2 rings (SSSR count). The van der Waals surface area contributed by atoms with Crippen LogP contribution in [0.4, 0.5) is 13.2 Å². The van der Waals surface area contributed by atoms with Gasteiger partial charge in [0.1, 0.15) is 0 Å². The molecule has 1 N–H and O–H groups in total. The number of benzene rings is 1. The molecule has 6 heteroatoms. The number of rotatable bonds is 6. The van der Waals surface area contributed by atoms with Gasteiger partial charge in [-0.1, -0.05) is 18.2 Å². The molecule has 1 unspecified atom stereocenters. The molecule has 0 saturated carbocycles. The summed E-state index contributed by atoms with van der Waals surface area (Å²) >= 11 is 0. The minimum atomic E-state index is -4.32. The van der Waals surface area contributed by atoms with Gasteiger partial charge in [0, 0.05) is 25.0 Å². The van der Waals surface area contributed by atoms with E-state index >= 15 is 0 Å². The number of alkyl halides is 3. The first-order valence-electron chi connectivity index (χ1n) is 6.83. The van der Waals surface area contributed by atoms with Crippen LogP contribution >= 0.6 is 0 Å². The van der Waals surface area contributed by atoms with Crippen LogP contribution in [0, 0.1) is 0 Å². The number of imidazole rings is 1. The average molecular weight is 297 g/mol. The van der Waals surface area contributed by atoms with Gasteiger partial charge in [0.25, 0.3) is 0 Å². The molecule has 0 fully saturated rings. The largest absolute Gasteiger partial charge is 0.416 e. The van der Waals surface area contributed by atoms with Gasteiger partial charge in [0.05, 0.1) is 11.9 Å². The van der Waals surface area contributed by atoms with Crippen molar-refractivity contribution in [1.29, 1.82) is 0 Å². The van der Waals surface area contributed by atoms with E-state index in [1.807, 2.05) is 10.8 Å². The summed E-state index contributed by atoms with van der Waals surface area (Å²) in [6, 6.07) is 5.35. The van der Waals surface area contributed by atoms with E-state index in [0.29, 0.717) is 6.54 Å². The van der Waals surface area contributed by atoms with Crippen LogP contribution in [0.1, 0.15) is 30.5 Å². The van der Waals surface area contributed by atoms with Crippen LogP contribution in [0.5, 0.6) is 0 Å². The van der Waals surface area contributed by atoms with Crippen molar-refractivity contribution < 1.29 is 13.2 Å². The Morgan fingerprint density at radius 2 is 2.05 bits per heavy atom. The summed E-state index contributed by atoms with van der Waals surface area (Å²) in [5.74, 6) is 0. The first-order valence-corrected chi connectivity index (χ1v) is 6.83. The molecule has 0 radical (unpaired) electrons. The summed E-state index contributed by atoms with van der Waals surface area (Å²) in [7, 11) is 0. The molecule has 0 aliphatic carbocycles. The predicted molar refractivity (Wildman–Crippen MR) is 74.7 cm³/mol. The normalized spacial score (nSPS) is 13.3. The smallest absolute Gasteiger partial charge is 0.337 e. The van der Waals surface area contributed by atoms with Gasteiger partial charge in [-0.3, -0.25) is 0 Å². The maximum atomic E-state index is 12.9. The summed E-state index contributed by atoms with van der Waals surface area (Å²) < 4.78 is 40.8. The van der Waals surface area contributed by atoms with Crippen molar-refractivity contribution in [2.24, 2.45) is 0 Å². The summed E-state index contributed by atoms with van der Waals surface area (Å²) in [5.41, 5.74) is -0.285. The predicted octanol–water partition coefficient (Wildman–Crippen LogP) is 3.64. The van der Waals surface area contributed by atoms with E-state index in [1.165, 1.54) is 12.1 Å². The maximum Gasteiger partial charge on any atom is 0.416 e. The van der Waals surface area contributed by atoms with E-state index in [0.717, 1.165) is 19.0 Å². The van der Waals surface area contributed by atoms with Crippen LogP contribution in [0.25, 0.3) is 0 Å². The molecule has 1 heterocycles. The number of hydrogen-bond donors (Lipinski definition) is 1. The van der Waals surface area contributed by atoms with E-state index in [9.17, 15) is 13.2 Å². The van der Waals surface area contributed by atoms with E-state index in [-0.39, 0.29) is 11.6 Å². The number of aromatic nitrogens is 2. The zero-order valence-electron chi connectivity index (χ0n) is 11.8. The molecule has 0 saturated heterocycles. The van der Waals surface area contributed by atoms with Crippen LogP contribution in [-0.4, -0.2) is 16.1 Å². The Balaban J connectivity index is 1.90. The van der Waals surface area contributed by atoms with Crippen LogP contribution in [0.2, 0.25) is 0 Å². The van der Waals surface area contributed by atoms with Crippen molar-refractivity contribution in [2.45, 2.75) is 32.1 Å². The van der Waals surface area contributed by atoms with E-state index < -0.39 is 11.7 Å². The second kappa shape index (κ2) is 6.76. The zero-order valence-corrected chi connectivity index (χ0v) is 11.8. The van der Waals surface area contributed by atoms with Crippen LogP contribution in [0.3, 0.4) is 0 Å². The van der Waals surface area contributed by atoms with Crippen LogP contribution in [0.15, 0.2) is 43.0 Å². The minimum Gasteiger partial charge on any atom is -0.337 e. The molecular weight excluding hydrogens is 279 g/mol. The van der Waals surface area contributed by atoms with E-state index in [4.69, 9.17) is 0 Å². The third-order valence-electron chi connectivity index (χ3n) is 3.34. The van der Waals surface area contributed by atoms with Gasteiger partial charge in [-0.05, 0) is 31.5 Å². The molecule has 0 bridgehead atoms. The van der Waals surface area contributed by atoms with Crippen molar-refractivity contribution in [2.75, 3.05) is 6.54 Å². The fraction of sp³-hybridized carbons (Fsp3) is 0.400. The fourth-order valence-electron chi connectivity index (χ4n) is 2.24. The maximum absolute atomic E-state index is 12.9. The quantitative estimate of drug-likeness (QED) is 0.825. The van der Waals surface area contributed by atoms with Gasteiger partial charge in [-0.15, -0.1) is 0 Å². The Bertz CT molecular complexity index is 550. The topological polar surface area (TPSA) is 29.9 Å². The first kappa shape index (κ1) is 15.6. The lowest BCUT2D eigenvalue weighted by Gasteiger charge is -2.19. The molecular formula is C15H18F3N3. The SMILES string of the molecule is CC(NCCCn1ccnc1)c1ccccc1C(F)(F)F. The highest BCUT2D eigenvalue weighted by Crippen LogP contribution is 2.34. The standard InChI is InChI=1S/C15H18F3N3/c1-12(20-7-4-9-21-10-8-19-11-21)13-5-2-3-6-14(13)15(16,17)18/h2-3,5-6,8,10-12,20H,4,7,9H2,1H3. The number of nitrogens with one attached hydrogen (secondary N) is 1. The van der Waals surface area contributed by atoms with Crippen LogP contribution in [-0.2, 0) is 12.7 Å². The summed E-state index contributed by atoms with van der Waals surface area (Å²) in [5, 5.41) is 3.14. The van der Waals surface area contributed by atoms with Crippen LogP contribution < -0.4 is 5.32 Å². The summed E-state index contributed by atoms with van der Waals surface area (Å²) in [6.07, 6.45) is 1.80. The van der Waals surface area contributed by atoms with Gasteiger partial charge >= 0.3 is 6.18 Å². The van der Waals surface area contributed by atoms with Crippen molar-refractivity contribution in [3.8, 4) is 0 Å². The molecule has 2 aromatic rings. The summed E-state index contributed by atoms with van der Waals surface area (Å²) in [4.78, 5) is 3.94. The number of aryl methyl sites for hydroxylation is 1. The Labute approximate surface area is 121 Å². The average Bonchev–Trinajstić information content (AvgIpc) is 2.95. The Hall–Kier alpha value is -1.82. The molecule has 1 atom stereocenters. The number of hydrogen-bond acceptors (Lipinski definition) is 2. The third-order valence-corrected chi connectivity index (χ3v) is 3.34. The lowest BCUT2D eigenvalue weighted by atomic mass is 10.0. The molecule has 114 valence electrons. The molecule has 0 aliphatic rings. The molecule has 0 spiro atoms. The second-order valence-electron chi connectivity index (χ2n) is 4.91. The fourth-order valence-corrected chi connectivity index (χ4v) is 2.24. The Morgan fingerprint density at radius 1 is 1.29 bits per heavy atom. The molecule has 0 amide bonds. The highest BCUT2D eigenvalue weighted by molar-refractivity contribution is 5.31. The Kier molecular flexibility index (Phi) is 5.01. The highest BCUT2D eigenvalue weighted by Gasteiger charge is 2.33. The highest BCUT2D eigenvalue weighted by atomic mass is 19.4. The Morgan fingerprint density at radius 3 is 2.71 bits per heavy atom. The van der Waals surface area contributed by atoms with Crippen molar-refractivity contribution in [3.05, 3.63) is 54.1 Å². The molecule has 0 aliphatic heterocycles. The van der Waals surface area contributed by atoms with Crippen molar-refractivity contribution in [3.63, 3.8) is 0 Å². The molecule has 1 aromatic carbocycles. The van der Waals surface area contributed by atoms with Gasteiger partial charge in [-0.25, -0.2) is 4.98 Å². The van der Waals surface area contributed by atoms with E-state index in [2.05, 4.69) is 10.3 Å². The monoisotopic (exact) mass is 297 g/mol. The second-order valence-corrected chi connectivity index (χ2v) is 4.91. The van der Waals surface area contributed by atoms with Gasteiger partial charge in [0.2, 0.25) is 0 Å². The third kappa shape index (κ3) is 4.32. The van der Waals surface area contributed by atoms with Crippen molar-refractivity contribution >= 4 is 0 Å². The summed E-state index contributed by atoms with van der Waals surface area (Å²) in [6.45, 7) is 3.19.